The first-order valence-corrected chi connectivity index (χ1v) is 11.7. The Hall–Kier alpha value is -3.20. The molecule has 34 heavy (non-hydrogen) atoms. The number of fused-ring (bicyclic) bond motifs is 3. The summed E-state index contributed by atoms with van der Waals surface area (Å²) in [5, 5.41) is 0. The predicted octanol–water partition coefficient (Wildman–Crippen LogP) is 1.93. The summed E-state index contributed by atoms with van der Waals surface area (Å²) in [5.74, 6) is -5.09. The molecule has 180 valence electrons. The molecule has 9 heteroatoms. The van der Waals surface area contributed by atoms with E-state index in [0.717, 1.165) is 0 Å². The van der Waals surface area contributed by atoms with Gasteiger partial charge in [0.25, 0.3) is 5.91 Å². The number of allylic oxidation sites excluding steroid dienone is 1. The molecule has 1 amide bonds. The van der Waals surface area contributed by atoms with Crippen molar-refractivity contribution in [1.29, 1.82) is 0 Å². The minimum absolute atomic E-state index is 0.0757. The molecule has 0 radical (unpaired) electrons. The van der Waals surface area contributed by atoms with Crippen LogP contribution in [0.4, 0.5) is 0 Å². The van der Waals surface area contributed by atoms with E-state index in [1.165, 1.54) is 12.0 Å². The first-order valence-electron chi connectivity index (χ1n) is 11.7. The Labute approximate surface area is 197 Å². The second kappa shape index (κ2) is 7.66. The van der Waals surface area contributed by atoms with E-state index in [-0.39, 0.29) is 24.4 Å². The fraction of sp³-hybridized carbons (Fsp3) is 0.520. The van der Waals surface area contributed by atoms with Crippen molar-refractivity contribution >= 4 is 23.6 Å². The number of carbonyl (C=O) groups is 4. The highest BCUT2D eigenvalue weighted by Gasteiger charge is 2.84. The maximum absolute atomic E-state index is 14.3. The van der Waals surface area contributed by atoms with E-state index in [0.29, 0.717) is 24.2 Å². The zero-order chi connectivity index (χ0) is 24.4. The minimum Gasteiger partial charge on any atom is -0.466 e. The Morgan fingerprint density at radius 3 is 2.50 bits per heavy atom. The van der Waals surface area contributed by atoms with Crippen molar-refractivity contribution in [2.45, 2.75) is 51.1 Å². The second-order valence-electron chi connectivity index (χ2n) is 9.04. The largest absolute Gasteiger partial charge is 0.466 e. The molecule has 3 fully saturated rings. The van der Waals surface area contributed by atoms with Gasteiger partial charge in [0.1, 0.15) is 5.92 Å². The Morgan fingerprint density at radius 1 is 1.18 bits per heavy atom. The molecule has 0 N–H and O–H groups in total. The smallest absolute Gasteiger partial charge is 0.337 e. The number of esters is 2. The van der Waals surface area contributed by atoms with Gasteiger partial charge >= 0.3 is 11.9 Å². The van der Waals surface area contributed by atoms with E-state index < -0.39 is 47.2 Å². The van der Waals surface area contributed by atoms with Crippen LogP contribution in [-0.2, 0) is 33.4 Å². The summed E-state index contributed by atoms with van der Waals surface area (Å²) in [7, 11) is 1.29. The lowest BCUT2D eigenvalue weighted by Gasteiger charge is -2.56. The number of piperidine rings is 1. The van der Waals surface area contributed by atoms with Crippen molar-refractivity contribution in [3.63, 3.8) is 0 Å². The van der Waals surface area contributed by atoms with Crippen molar-refractivity contribution in [2.24, 2.45) is 11.8 Å². The van der Waals surface area contributed by atoms with Crippen LogP contribution in [0.25, 0.3) is 0 Å². The summed E-state index contributed by atoms with van der Waals surface area (Å²) in [6, 6.07) is 8.16. The molecule has 0 saturated carbocycles. The molecule has 5 atom stereocenters. The van der Waals surface area contributed by atoms with E-state index in [4.69, 9.17) is 14.2 Å². The number of benzene rings is 1. The Balaban J connectivity index is 1.85. The van der Waals surface area contributed by atoms with Gasteiger partial charge in [-0.15, -0.1) is 0 Å². The first-order chi connectivity index (χ1) is 16.3. The van der Waals surface area contributed by atoms with Crippen LogP contribution in [-0.4, -0.2) is 65.1 Å². The third-order valence-electron chi connectivity index (χ3n) is 7.73. The minimum atomic E-state index is -1.80. The number of ether oxygens (including phenoxy) is 3. The molecule has 2 bridgehead atoms. The van der Waals surface area contributed by atoms with Gasteiger partial charge in [-0.1, -0.05) is 37.3 Å². The first kappa shape index (κ1) is 22.6. The molecule has 9 nitrogen and oxygen atoms in total. The lowest BCUT2D eigenvalue weighted by Crippen LogP contribution is -2.71. The quantitative estimate of drug-likeness (QED) is 0.477. The van der Waals surface area contributed by atoms with Gasteiger partial charge in [0.2, 0.25) is 11.4 Å². The zero-order valence-electron chi connectivity index (χ0n) is 19.7. The molecule has 1 aromatic carbocycles. The molecule has 0 aliphatic carbocycles. The normalized spacial score (nSPS) is 34.1. The number of ketones is 1. The summed E-state index contributed by atoms with van der Waals surface area (Å²) in [4.78, 5) is 57.3. The van der Waals surface area contributed by atoms with E-state index in [1.807, 2.05) is 25.1 Å². The average molecular weight is 469 g/mol. The highest BCUT2D eigenvalue weighted by molar-refractivity contribution is 6.14. The highest BCUT2D eigenvalue weighted by atomic mass is 16.6. The van der Waals surface area contributed by atoms with Gasteiger partial charge in [-0.3, -0.25) is 19.3 Å². The van der Waals surface area contributed by atoms with Gasteiger partial charge < -0.3 is 19.1 Å². The number of Topliss-reactive ketones (excluding diaryl/α,β-unsaturated/α-hetero) is 1. The van der Waals surface area contributed by atoms with E-state index in [2.05, 4.69) is 0 Å². The number of carbonyl (C=O) groups excluding carboxylic acids is 4. The SMILES string of the molecule is CCC(=O)[C@]12O[C@@]3(C4C(=O)OCCC41)N(CC)C(C)=C(C(=O)OC)C(c1ccccc1)N3C2=O. The second-order valence-corrected chi connectivity index (χ2v) is 9.04. The molecule has 4 heterocycles. The summed E-state index contributed by atoms with van der Waals surface area (Å²) in [6.45, 7) is 5.74. The number of hydrogen-bond donors (Lipinski definition) is 0. The molecule has 3 unspecified atom stereocenters. The monoisotopic (exact) mass is 468 g/mol. The third-order valence-corrected chi connectivity index (χ3v) is 7.73. The molecule has 1 aromatic rings. The third kappa shape index (κ3) is 2.48. The topological polar surface area (TPSA) is 102 Å². The number of methoxy groups -OCH3 is 1. The van der Waals surface area contributed by atoms with Gasteiger partial charge in [0, 0.05) is 24.6 Å². The molecular weight excluding hydrogens is 440 g/mol. The zero-order valence-corrected chi connectivity index (χ0v) is 19.7. The molecule has 0 aromatic heterocycles. The standard InChI is InChI=1S/C25H28N2O7/c1-5-17(28)24-16-12-13-33-22(30)19(16)25(34-24)26(6-2)14(3)18(21(29)32-4)20(27(25)23(24)31)15-10-8-7-9-11-15/h7-11,16,19-20H,5-6,12-13H2,1-4H3/t16?,19?,20?,24-,25+/m1/s1. The Kier molecular flexibility index (Phi) is 5.09. The number of cyclic esters (lactones) is 1. The van der Waals surface area contributed by atoms with Crippen LogP contribution in [0.2, 0.25) is 0 Å². The van der Waals surface area contributed by atoms with Gasteiger partial charge in [0.05, 0.1) is 25.3 Å². The molecule has 4 aliphatic heterocycles. The maximum atomic E-state index is 14.3. The van der Waals surface area contributed by atoms with Crippen molar-refractivity contribution in [3.05, 3.63) is 47.2 Å². The Morgan fingerprint density at radius 2 is 1.88 bits per heavy atom. The summed E-state index contributed by atoms with van der Waals surface area (Å²) in [5.41, 5.74) is -0.344. The molecule has 5 rings (SSSR count). The summed E-state index contributed by atoms with van der Waals surface area (Å²) < 4.78 is 17.2. The van der Waals surface area contributed by atoms with Crippen molar-refractivity contribution in [2.75, 3.05) is 20.3 Å². The van der Waals surface area contributed by atoms with Crippen LogP contribution < -0.4 is 0 Å². The lowest BCUT2D eigenvalue weighted by atomic mass is 9.68. The molecule has 1 spiro atoms. The number of amides is 1. The van der Waals surface area contributed by atoms with Gasteiger partial charge in [-0.05, 0) is 25.8 Å². The van der Waals surface area contributed by atoms with Crippen LogP contribution in [0.3, 0.4) is 0 Å². The molecule has 3 saturated heterocycles. The van der Waals surface area contributed by atoms with E-state index in [1.54, 1.807) is 30.9 Å². The fourth-order valence-electron chi connectivity index (χ4n) is 6.46. The number of nitrogens with zero attached hydrogens (tertiary/aromatic N) is 2. The fourth-order valence-corrected chi connectivity index (χ4v) is 6.46. The predicted molar refractivity (Wildman–Crippen MR) is 118 cm³/mol. The number of rotatable bonds is 5. The maximum Gasteiger partial charge on any atom is 0.337 e. The Bertz CT molecular complexity index is 1120. The molecular formula is C25H28N2O7. The summed E-state index contributed by atoms with van der Waals surface area (Å²) in [6.07, 6.45) is 0.427. The van der Waals surface area contributed by atoms with Crippen molar-refractivity contribution in [1.82, 2.24) is 9.80 Å². The van der Waals surface area contributed by atoms with Gasteiger partial charge in [0.15, 0.2) is 5.78 Å². The van der Waals surface area contributed by atoms with Crippen LogP contribution in [0.1, 0.15) is 45.2 Å². The van der Waals surface area contributed by atoms with Crippen LogP contribution in [0.15, 0.2) is 41.6 Å². The van der Waals surface area contributed by atoms with E-state index >= 15 is 0 Å². The van der Waals surface area contributed by atoms with Crippen LogP contribution in [0, 0.1) is 11.8 Å². The van der Waals surface area contributed by atoms with Gasteiger partial charge in [-0.2, -0.15) is 0 Å². The van der Waals surface area contributed by atoms with Crippen molar-refractivity contribution in [3.8, 4) is 0 Å². The number of hydrogen-bond acceptors (Lipinski definition) is 8. The lowest BCUT2D eigenvalue weighted by molar-refractivity contribution is -0.228. The van der Waals surface area contributed by atoms with E-state index in [9.17, 15) is 19.2 Å². The van der Waals surface area contributed by atoms with Crippen LogP contribution in [0.5, 0.6) is 0 Å². The van der Waals surface area contributed by atoms with Crippen LogP contribution >= 0.6 is 0 Å². The average Bonchev–Trinajstić information content (AvgIpc) is 3.30. The highest BCUT2D eigenvalue weighted by Crippen LogP contribution is 2.65. The molecule has 4 aliphatic rings. The van der Waals surface area contributed by atoms with Gasteiger partial charge in [-0.25, -0.2) is 4.79 Å². The van der Waals surface area contributed by atoms with Crippen molar-refractivity contribution < 1.29 is 33.4 Å². The summed E-state index contributed by atoms with van der Waals surface area (Å²) >= 11 is 0.